The number of hydrogen-bond donors (Lipinski definition) is 1. The van der Waals surface area contributed by atoms with Crippen LogP contribution < -0.4 is 5.32 Å². The normalized spacial score (nSPS) is 26.3. The number of amides is 1. The summed E-state index contributed by atoms with van der Waals surface area (Å²) in [5.41, 5.74) is 0. The van der Waals surface area contributed by atoms with E-state index in [1.165, 1.54) is 12.8 Å². The van der Waals surface area contributed by atoms with Crippen molar-refractivity contribution in [2.45, 2.75) is 70.9 Å². The first-order chi connectivity index (χ1) is 9.24. The highest BCUT2D eigenvalue weighted by Crippen LogP contribution is 2.19. The molecule has 2 saturated heterocycles. The standard InChI is InChI=1S/C11H17N3O.C4H10/c12-8-9-4-1-2-7-14(9)11(15)10-5-3-6-13-10;1-3-4-2/h9-10,13H,1-7H2;3-4H2,1-2H3. The highest BCUT2D eigenvalue weighted by molar-refractivity contribution is 5.82. The quantitative estimate of drug-likeness (QED) is 0.834. The van der Waals surface area contributed by atoms with Crippen LogP contribution in [0.15, 0.2) is 0 Å². The summed E-state index contributed by atoms with van der Waals surface area (Å²) >= 11 is 0. The van der Waals surface area contributed by atoms with Crippen molar-refractivity contribution < 1.29 is 4.79 Å². The summed E-state index contributed by atoms with van der Waals surface area (Å²) in [7, 11) is 0. The molecule has 4 nitrogen and oxygen atoms in total. The molecule has 0 saturated carbocycles. The van der Waals surface area contributed by atoms with E-state index < -0.39 is 0 Å². The van der Waals surface area contributed by atoms with Gasteiger partial charge in [0.25, 0.3) is 0 Å². The van der Waals surface area contributed by atoms with Gasteiger partial charge in [0.1, 0.15) is 6.04 Å². The Bertz CT molecular complexity index is 303. The molecule has 0 bridgehead atoms. The van der Waals surface area contributed by atoms with Crippen LogP contribution in [0.3, 0.4) is 0 Å². The molecule has 2 aliphatic rings. The molecule has 0 aliphatic carbocycles. The zero-order chi connectivity index (χ0) is 14.1. The smallest absolute Gasteiger partial charge is 0.240 e. The molecule has 19 heavy (non-hydrogen) atoms. The van der Waals surface area contributed by atoms with Gasteiger partial charge in [-0.15, -0.1) is 0 Å². The van der Waals surface area contributed by atoms with E-state index in [0.29, 0.717) is 0 Å². The van der Waals surface area contributed by atoms with Crippen molar-refractivity contribution in [1.82, 2.24) is 10.2 Å². The molecule has 1 N–H and O–H groups in total. The number of piperidine rings is 1. The van der Waals surface area contributed by atoms with Crippen molar-refractivity contribution in [3.05, 3.63) is 0 Å². The van der Waals surface area contributed by atoms with E-state index in [0.717, 1.165) is 45.2 Å². The first-order valence-corrected chi connectivity index (χ1v) is 7.68. The second kappa shape index (κ2) is 8.92. The van der Waals surface area contributed by atoms with Crippen LogP contribution in [-0.4, -0.2) is 36.0 Å². The SMILES string of the molecule is CCCC.N#CC1CCCCN1C(=O)C1CCCN1. The van der Waals surface area contributed by atoms with Crippen molar-refractivity contribution in [1.29, 1.82) is 5.26 Å². The van der Waals surface area contributed by atoms with E-state index in [1.54, 1.807) is 4.90 Å². The first-order valence-electron chi connectivity index (χ1n) is 7.68. The Morgan fingerprint density at radius 2 is 2.00 bits per heavy atom. The molecule has 1 amide bonds. The number of rotatable bonds is 2. The summed E-state index contributed by atoms with van der Waals surface area (Å²) < 4.78 is 0. The fraction of sp³-hybridized carbons (Fsp3) is 0.867. The minimum absolute atomic E-state index is 0.0288. The topological polar surface area (TPSA) is 56.1 Å². The van der Waals surface area contributed by atoms with Gasteiger partial charge in [-0.05, 0) is 38.6 Å². The monoisotopic (exact) mass is 265 g/mol. The molecular formula is C15H27N3O. The zero-order valence-electron chi connectivity index (χ0n) is 12.3. The van der Waals surface area contributed by atoms with Gasteiger partial charge in [0.2, 0.25) is 5.91 Å². The number of nitrogens with zero attached hydrogens (tertiary/aromatic N) is 2. The molecule has 2 atom stereocenters. The molecule has 2 aliphatic heterocycles. The lowest BCUT2D eigenvalue weighted by Crippen LogP contribution is -2.50. The van der Waals surface area contributed by atoms with Crippen molar-refractivity contribution >= 4 is 5.91 Å². The average Bonchev–Trinajstić information content (AvgIpc) is 3.01. The van der Waals surface area contributed by atoms with Gasteiger partial charge in [-0.25, -0.2) is 0 Å². The van der Waals surface area contributed by atoms with Gasteiger partial charge in [0.05, 0.1) is 12.1 Å². The molecule has 0 aromatic heterocycles. The minimum Gasteiger partial charge on any atom is -0.325 e. The van der Waals surface area contributed by atoms with Crippen LogP contribution in [0.1, 0.15) is 58.8 Å². The summed E-state index contributed by atoms with van der Waals surface area (Å²) in [6.45, 7) is 6.05. The van der Waals surface area contributed by atoms with Crippen molar-refractivity contribution in [3.8, 4) is 6.07 Å². The highest BCUT2D eigenvalue weighted by atomic mass is 16.2. The van der Waals surface area contributed by atoms with Crippen molar-refractivity contribution in [2.24, 2.45) is 0 Å². The molecule has 4 heteroatoms. The predicted molar refractivity (Wildman–Crippen MR) is 76.6 cm³/mol. The van der Waals surface area contributed by atoms with Crippen LogP contribution in [-0.2, 0) is 4.79 Å². The average molecular weight is 265 g/mol. The third-order valence-corrected chi connectivity index (χ3v) is 3.79. The molecule has 0 radical (unpaired) electrons. The molecule has 0 aromatic rings. The van der Waals surface area contributed by atoms with Gasteiger partial charge in [0, 0.05) is 6.54 Å². The number of unbranched alkanes of at least 4 members (excludes halogenated alkanes) is 1. The van der Waals surface area contributed by atoms with Crippen LogP contribution in [0.2, 0.25) is 0 Å². The summed E-state index contributed by atoms with van der Waals surface area (Å²) in [4.78, 5) is 13.9. The second-order valence-electron chi connectivity index (χ2n) is 5.32. The molecular weight excluding hydrogens is 238 g/mol. The van der Waals surface area contributed by atoms with E-state index in [-0.39, 0.29) is 18.0 Å². The minimum atomic E-state index is -0.186. The van der Waals surface area contributed by atoms with Gasteiger partial charge in [0.15, 0.2) is 0 Å². The van der Waals surface area contributed by atoms with Crippen molar-refractivity contribution in [3.63, 3.8) is 0 Å². The van der Waals surface area contributed by atoms with E-state index in [4.69, 9.17) is 5.26 Å². The molecule has 2 fully saturated rings. The van der Waals surface area contributed by atoms with Crippen LogP contribution >= 0.6 is 0 Å². The van der Waals surface area contributed by atoms with Gasteiger partial charge in [-0.3, -0.25) is 4.79 Å². The number of carbonyl (C=O) groups is 1. The van der Waals surface area contributed by atoms with Crippen LogP contribution in [0, 0.1) is 11.3 Å². The van der Waals surface area contributed by atoms with Crippen molar-refractivity contribution in [2.75, 3.05) is 13.1 Å². The summed E-state index contributed by atoms with van der Waals surface area (Å²) in [6, 6.07) is 2.02. The Morgan fingerprint density at radius 1 is 1.26 bits per heavy atom. The zero-order valence-corrected chi connectivity index (χ0v) is 12.3. The Morgan fingerprint density at radius 3 is 2.53 bits per heavy atom. The maximum atomic E-state index is 12.1. The van der Waals surface area contributed by atoms with Gasteiger partial charge < -0.3 is 10.2 Å². The van der Waals surface area contributed by atoms with Crippen LogP contribution in [0.4, 0.5) is 0 Å². The van der Waals surface area contributed by atoms with Gasteiger partial charge >= 0.3 is 0 Å². The Hall–Kier alpha value is -1.08. The van der Waals surface area contributed by atoms with Crippen LogP contribution in [0.5, 0.6) is 0 Å². The number of hydrogen-bond acceptors (Lipinski definition) is 3. The third kappa shape index (κ3) is 4.83. The van der Waals surface area contributed by atoms with Gasteiger partial charge in [-0.1, -0.05) is 26.7 Å². The number of nitrogens with one attached hydrogen (secondary N) is 1. The Labute approximate surface area is 117 Å². The maximum Gasteiger partial charge on any atom is 0.240 e. The number of carbonyl (C=O) groups excluding carboxylic acids is 1. The molecule has 108 valence electrons. The third-order valence-electron chi connectivity index (χ3n) is 3.79. The summed E-state index contributed by atoms with van der Waals surface area (Å²) in [6.07, 6.45) is 7.58. The lowest BCUT2D eigenvalue weighted by atomic mass is 10.0. The maximum absolute atomic E-state index is 12.1. The first kappa shape index (κ1) is 16.0. The fourth-order valence-corrected chi connectivity index (χ4v) is 2.43. The van der Waals surface area contributed by atoms with E-state index in [1.807, 2.05) is 0 Å². The molecule has 2 unspecified atom stereocenters. The fourth-order valence-electron chi connectivity index (χ4n) is 2.43. The lowest BCUT2D eigenvalue weighted by Gasteiger charge is -2.33. The highest BCUT2D eigenvalue weighted by Gasteiger charge is 2.32. The van der Waals surface area contributed by atoms with Gasteiger partial charge in [-0.2, -0.15) is 5.26 Å². The van der Waals surface area contributed by atoms with E-state index in [9.17, 15) is 4.79 Å². The number of nitriles is 1. The van der Waals surface area contributed by atoms with E-state index >= 15 is 0 Å². The van der Waals surface area contributed by atoms with E-state index in [2.05, 4.69) is 25.2 Å². The molecule has 0 aromatic carbocycles. The summed E-state index contributed by atoms with van der Waals surface area (Å²) in [5.74, 6) is 0.138. The second-order valence-corrected chi connectivity index (χ2v) is 5.32. The Kier molecular flexibility index (Phi) is 7.50. The number of likely N-dealkylation sites (tertiary alicyclic amines) is 1. The molecule has 0 spiro atoms. The lowest BCUT2D eigenvalue weighted by molar-refractivity contribution is -0.135. The molecule has 2 heterocycles. The molecule has 2 rings (SSSR count). The predicted octanol–water partition coefficient (Wildman–Crippen LogP) is 2.45. The summed E-state index contributed by atoms with van der Waals surface area (Å²) in [5, 5.41) is 12.2. The largest absolute Gasteiger partial charge is 0.325 e. The Balaban J connectivity index is 0.000000399. The van der Waals surface area contributed by atoms with Crippen LogP contribution in [0.25, 0.3) is 0 Å².